The molecule has 9 aromatic carbocycles. The van der Waals surface area contributed by atoms with Gasteiger partial charge in [0.2, 0.25) is 5.95 Å². The lowest BCUT2D eigenvalue weighted by atomic mass is 9.96. The van der Waals surface area contributed by atoms with Crippen LogP contribution in [0.15, 0.2) is 158 Å². The quantitative estimate of drug-likeness (QED) is 0.167. The van der Waals surface area contributed by atoms with E-state index in [4.69, 9.17) is 9.97 Å². The molecule has 0 atom stereocenters. The van der Waals surface area contributed by atoms with E-state index in [0.717, 1.165) is 38.6 Å². The molecule has 55 heavy (non-hydrogen) atoms. The number of hydrogen-bond donors (Lipinski definition) is 0. The lowest BCUT2D eigenvalue weighted by Crippen LogP contribution is -2.04. The van der Waals surface area contributed by atoms with Gasteiger partial charge in [-0.1, -0.05) is 109 Å². The summed E-state index contributed by atoms with van der Waals surface area (Å²) in [4.78, 5) is 11.1. The van der Waals surface area contributed by atoms with E-state index >= 15 is 0 Å². The van der Waals surface area contributed by atoms with Gasteiger partial charge in [-0.05, 0) is 80.8 Å². The van der Waals surface area contributed by atoms with Gasteiger partial charge in [-0.3, -0.25) is 4.57 Å². The highest BCUT2D eigenvalue weighted by molar-refractivity contribution is 7.26. The molecule has 0 saturated carbocycles. The smallest absolute Gasteiger partial charge is 0.235 e. The van der Waals surface area contributed by atoms with Crippen LogP contribution < -0.4 is 0 Å². The number of fused-ring (bicyclic) bond motifs is 10. The second-order valence-corrected chi connectivity index (χ2v) is 16.0. The zero-order valence-corrected chi connectivity index (χ0v) is 30.0. The molecular formula is C50H26N4S. The van der Waals surface area contributed by atoms with Crippen molar-refractivity contribution in [1.29, 1.82) is 0 Å². The molecule has 5 heteroatoms. The minimum atomic E-state index is 0.679. The van der Waals surface area contributed by atoms with Crippen molar-refractivity contribution >= 4 is 124 Å². The molecule has 14 rings (SSSR count). The predicted molar refractivity (Wildman–Crippen MR) is 233 cm³/mol. The standard InChI is InChI=1S/C50H26N4S/c1-3-10-31-27(8-1)16-17-29-26-30(18-20-32(29)31)48-43-33-11-4-2-9-28(33)19-22-36(43)51-50(52-48)54-39-24-25-42-47-44-38(14-7-15-41(44)55-42)53-37-13-6-5-12-34(37)35-21-23-40(54)46(45(39)47)49(35)53/h1-26H. The largest absolute Gasteiger partial charge is 0.308 e. The Labute approximate surface area is 316 Å². The first kappa shape index (κ1) is 28.4. The molecule has 0 saturated heterocycles. The summed E-state index contributed by atoms with van der Waals surface area (Å²) < 4.78 is 7.45. The highest BCUT2D eigenvalue weighted by Crippen LogP contribution is 2.50. The third-order valence-electron chi connectivity index (χ3n) is 12.2. The third kappa shape index (κ3) is 3.48. The minimum Gasteiger partial charge on any atom is -0.308 e. The molecule has 0 bridgehead atoms. The molecule has 252 valence electrons. The molecule has 0 spiro atoms. The van der Waals surface area contributed by atoms with Crippen LogP contribution in [0.5, 0.6) is 0 Å². The lowest BCUT2D eigenvalue weighted by Gasteiger charge is -2.14. The Balaban J connectivity index is 1.16. The second-order valence-electron chi connectivity index (χ2n) is 14.9. The minimum absolute atomic E-state index is 0.679. The number of para-hydroxylation sites is 1. The molecule has 5 heterocycles. The normalized spacial score (nSPS) is 12.7. The molecule has 0 radical (unpaired) electrons. The Morgan fingerprint density at radius 2 is 1.09 bits per heavy atom. The van der Waals surface area contributed by atoms with Crippen LogP contribution >= 0.6 is 11.3 Å². The van der Waals surface area contributed by atoms with Crippen molar-refractivity contribution in [3.8, 4) is 17.2 Å². The van der Waals surface area contributed by atoms with Crippen LogP contribution in [0.4, 0.5) is 0 Å². The van der Waals surface area contributed by atoms with E-state index in [0.29, 0.717) is 5.95 Å². The van der Waals surface area contributed by atoms with E-state index in [1.807, 2.05) is 11.3 Å². The van der Waals surface area contributed by atoms with E-state index in [2.05, 4.69) is 167 Å². The number of hydrogen-bond acceptors (Lipinski definition) is 3. The van der Waals surface area contributed by atoms with Crippen LogP contribution in [0.2, 0.25) is 0 Å². The number of nitrogens with zero attached hydrogens (tertiary/aromatic N) is 4. The van der Waals surface area contributed by atoms with Gasteiger partial charge in [0.1, 0.15) is 0 Å². The number of thiophene rings is 1. The summed E-state index contributed by atoms with van der Waals surface area (Å²) >= 11 is 1.88. The van der Waals surface area contributed by atoms with Gasteiger partial charge in [0, 0.05) is 52.7 Å². The molecule has 5 aromatic heterocycles. The fourth-order valence-corrected chi connectivity index (χ4v) is 11.1. The average molecular weight is 715 g/mol. The van der Waals surface area contributed by atoms with Gasteiger partial charge in [0.15, 0.2) is 0 Å². The van der Waals surface area contributed by atoms with Crippen molar-refractivity contribution < 1.29 is 0 Å². The first-order chi connectivity index (χ1) is 27.3. The molecule has 0 N–H and O–H groups in total. The van der Waals surface area contributed by atoms with Crippen LogP contribution in [0.25, 0.3) is 130 Å². The van der Waals surface area contributed by atoms with Gasteiger partial charge in [0.25, 0.3) is 0 Å². The van der Waals surface area contributed by atoms with Gasteiger partial charge in [-0.25, -0.2) is 9.97 Å². The maximum atomic E-state index is 5.65. The molecular weight excluding hydrogens is 689 g/mol. The Bertz CT molecular complexity index is 3960. The molecule has 0 aliphatic rings. The van der Waals surface area contributed by atoms with Crippen LogP contribution in [0, 0.1) is 0 Å². The SMILES string of the molecule is c1ccc2c(c1)ccc1cc(-c3nc(-n4c5ccc6sc7cccc8c7c6c5c5c4ccc4c6ccccc6n8c45)nc4ccc5ccccc5c34)ccc12. The Morgan fingerprint density at radius 1 is 0.400 bits per heavy atom. The maximum absolute atomic E-state index is 5.65. The van der Waals surface area contributed by atoms with Crippen molar-refractivity contribution in [1.82, 2.24) is 18.9 Å². The first-order valence-electron chi connectivity index (χ1n) is 18.8. The van der Waals surface area contributed by atoms with Crippen molar-refractivity contribution in [2.75, 3.05) is 0 Å². The average Bonchev–Trinajstić information content (AvgIpc) is 3.87. The van der Waals surface area contributed by atoms with E-state index in [-0.39, 0.29) is 0 Å². The fourth-order valence-electron chi connectivity index (χ4n) is 9.94. The van der Waals surface area contributed by atoms with Gasteiger partial charge in [0.05, 0.1) is 38.8 Å². The van der Waals surface area contributed by atoms with Gasteiger partial charge >= 0.3 is 0 Å². The highest BCUT2D eigenvalue weighted by Gasteiger charge is 2.27. The van der Waals surface area contributed by atoms with Crippen LogP contribution in [-0.2, 0) is 0 Å². The molecule has 14 aromatic rings. The maximum Gasteiger partial charge on any atom is 0.235 e. The summed E-state index contributed by atoms with van der Waals surface area (Å²) in [5.41, 5.74) is 8.91. The lowest BCUT2D eigenvalue weighted by molar-refractivity contribution is 1.02. The summed E-state index contributed by atoms with van der Waals surface area (Å²) in [6.07, 6.45) is 0. The zero-order valence-electron chi connectivity index (χ0n) is 29.2. The first-order valence-corrected chi connectivity index (χ1v) is 19.6. The number of rotatable bonds is 2. The van der Waals surface area contributed by atoms with Crippen molar-refractivity contribution in [2.45, 2.75) is 0 Å². The van der Waals surface area contributed by atoms with E-state index in [1.54, 1.807) is 0 Å². The van der Waals surface area contributed by atoms with Gasteiger partial charge in [-0.15, -0.1) is 11.3 Å². The van der Waals surface area contributed by atoms with Gasteiger partial charge < -0.3 is 4.40 Å². The Hall–Kier alpha value is -7.08. The Morgan fingerprint density at radius 3 is 2.02 bits per heavy atom. The highest BCUT2D eigenvalue weighted by atomic mass is 32.1. The van der Waals surface area contributed by atoms with E-state index in [1.165, 1.54) is 85.2 Å². The molecule has 4 nitrogen and oxygen atoms in total. The van der Waals surface area contributed by atoms with Gasteiger partial charge in [-0.2, -0.15) is 0 Å². The van der Waals surface area contributed by atoms with E-state index < -0.39 is 0 Å². The summed E-state index contributed by atoms with van der Waals surface area (Å²) in [5.74, 6) is 0.679. The molecule has 0 fully saturated rings. The van der Waals surface area contributed by atoms with Crippen molar-refractivity contribution in [3.63, 3.8) is 0 Å². The van der Waals surface area contributed by atoms with Crippen LogP contribution in [-0.4, -0.2) is 18.9 Å². The van der Waals surface area contributed by atoms with Crippen molar-refractivity contribution in [2.24, 2.45) is 0 Å². The molecule has 0 aliphatic heterocycles. The summed E-state index contributed by atoms with van der Waals surface area (Å²) in [6.45, 7) is 0. The van der Waals surface area contributed by atoms with E-state index in [9.17, 15) is 0 Å². The second kappa shape index (κ2) is 9.91. The Kier molecular flexibility index (Phi) is 5.12. The van der Waals surface area contributed by atoms with Crippen molar-refractivity contribution in [3.05, 3.63) is 158 Å². The molecule has 0 amide bonds. The summed E-state index contributed by atoms with van der Waals surface area (Å²) in [5, 5.41) is 16.1. The molecule has 0 aliphatic carbocycles. The third-order valence-corrected chi connectivity index (χ3v) is 13.3. The monoisotopic (exact) mass is 714 g/mol. The zero-order chi connectivity index (χ0) is 35.5. The fraction of sp³-hybridized carbons (Fsp3) is 0. The topological polar surface area (TPSA) is 35.1 Å². The summed E-state index contributed by atoms with van der Waals surface area (Å²) in [7, 11) is 0. The summed E-state index contributed by atoms with van der Waals surface area (Å²) in [6, 6.07) is 57.7. The van der Waals surface area contributed by atoms with Crippen LogP contribution in [0.1, 0.15) is 0 Å². The number of benzene rings is 9. The molecule has 0 unspecified atom stereocenters. The predicted octanol–water partition coefficient (Wildman–Crippen LogP) is 13.7. The number of aromatic nitrogens is 4. The van der Waals surface area contributed by atoms with Crippen LogP contribution in [0.3, 0.4) is 0 Å².